The minimum Gasteiger partial charge on any atom is -0.494 e. The van der Waals surface area contributed by atoms with Crippen molar-refractivity contribution in [2.24, 2.45) is 5.92 Å². The zero-order chi connectivity index (χ0) is 11.5. The molecule has 1 aliphatic rings. The van der Waals surface area contributed by atoms with E-state index in [4.69, 9.17) is 4.74 Å². The molecule has 1 saturated heterocycles. The molecule has 2 nitrogen and oxygen atoms in total. The van der Waals surface area contributed by atoms with Crippen molar-refractivity contribution in [2.45, 2.75) is 25.8 Å². The van der Waals surface area contributed by atoms with Crippen LogP contribution in [0, 0.1) is 11.7 Å². The van der Waals surface area contributed by atoms with Crippen molar-refractivity contribution in [3.8, 4) is 5.75 Å². The van der Waals surface area contributed by atoms with Crippen molar-refractivity contribution < 1.29 is 9.13 Å². The van der Waals surface area contributed by atoms with Gasteiger partial charge in [0.25, 0.3) is 0 Å². The summed E-state index contributed by atoms with van der Waals surface area (Å²) in [6.07, 6.45) is 2.33. The average molecular weight is 223 g/mol. The van der Waals surface area contributed by atoms with Crippen molar-refractivity contribution in [1.29, 1.82) is 0 Å². The third kappa shape index (κ3) is 2.35. The van der Waals surface area contributed by atoms with E-state index in [0.29, 0.717) is 11.8 Å². The van der Waals surface area contributed by atoms with Crippen molar-refractivity contribution in [3.63, 3.8) is 0 Å². The van der Waals surface area contributed by atoms with Gasteiger partial charge in [0, 0.05) is 6.04 Å². The first-order valence-corrected chi connectivity index (χ1v) is 5.77. The fraction of sp³-hybridized carbons (Fsp3) is 0.538. The Hall–Kier alpha value is -1.09. The van der Waals surface area contributed by atoms with E-state index in [1.807, 2.05) is 6.07 Å². The lowest BCUT2D eigenvalue weighted by Gasteiger charge is -2.28. The number of ether oxygens (including phenoxy) is 1. The number of hydrogen-bond donors (Lipinski definition) is 1. The molecule has 1 aliphatic heterocycles. The van der Waals surface area contributed by atoms with Crippen LogP contribution >= 0.6 is 0 Å². The second-order valence-corrected chi connectivity index (χ2v) is 4.54. The molecular formula is C13H18FNO. The second-order valence-electron chi connectivity index (χ2n) is 4.54. The Morgan fingerprint density at radius 3 is 2.81 bits per heavy atom. The predicted octanol–water partition coefficient (Wildman–Crippen LogP) is 2.89. The fourth-order valence-electron chi connectivity index (χ4n) is 2.18. The number of halogens is 1. The molecule has 0 aliphatic carbocycles. The predicted molar refractivity (Wildman–Crippen MR) is 62.1 cm³/mol. The molecule has 0 aromatic heterocycles. The highest BCUT2D eigenvalue weighted by Crippen LogP contribution is 2.28. The Labute approximate surface area is 95.8 Å². The van der Waals surface area contributed by atoms with E-state index in [9.17, 15) is 4.39 Å². The molecule has 1 aromatic carbocycles. The minimum absolute atomic E-state index is 0.296. The summed E-state index contributed by atoms with van der Waals surface area (Å²) in [5.41, 5.74) is 1.12. The first-order valence-electron chi connectivity index (χ1n) is 5.77. The highest BCUT2D eigenvalue weighted by Gasteiger charge is 2.19. The molecule has 88 valence electrons. The maximum atomic E-state index is 13.3. The van der Waals surface area contributed by atoms with Gasteiger partial charge in [0.1, 0.15) is 0 Å². The fourth-order valence-corrected chi connectivity index (χ4v) is 2.18. The van der Waals surface area contributed by atoms with E-state index < -0.39 is 0 Å². The number of methoxy groups -OCH3 is 1. The molecule has 0 saturated carbocycles. The van der Waals surface area contributed by atoms with Crippen molar-refractivity contribution >= 4 is 0 Å². The summed E-state index contributed by atoms with van der Waals surface area (Å²) in [6, 6.07) is 5.45. The third-order valence-electron chi connectivity index (χ3n) is 3.24. The summed E-state index contributed by atoms with van der Waals surface area (Å²) in [5, 5.41) is 3.48. The molecule has 1 heterocycles. The summed E-state index contributed by atoms with van der Waals surface area (Å²) in [5.74, 6) is 0.770. The van der Waals surface area contributed by atoms with Gasteiger partial charge < -0.3 is 10.1 Å². The van der Waals surface area contributed by atoms with Crippen molar-refractivity contribution in [1.82, 2.24) is 5.32 Å². The summed E-state index contributed by atoms with van der Waals surface area (Å²) >= 11 is 0. The lowest BCUT2D eigenvalue weighted by atomic mass is 9.92. The summed E-state index contributed by atoms with van der Waals surface area (Å²) in [4.78, 5) is 0. The molecule has 1 N–H and O–H groups in total. The monoisotopic (exact) mass is 223 g/mol. The average Bonchev–Trinajstić information content (AvgIpc) is 2.31. The molecule has 2 atom stereocenters. The Bertz CT molecular complexity index is 359. The van der Waals surface area contributed by atoms with Gasteiger partial charge in [-0.2, -0.15) is 0 Å². The summed E-state index contributed by atoms with van der Waals surface area (Å²) in [7, 11) is 1.50. The maximum absolute atomic E-state index is 13.3. The standard InChI is InChI=1S/C13H18FNO/c1-9-3-6-12(15-8-9)10-4-5-11(14)13(7-10)16-2/h4-5,7,9,12,15H,3,6,8H2,1-2H3. The Morgan fingerprint density at radius 2 is 2.19 bits per heavy atom. The molecule has 0 amide bonds. The van der Waals surface area contributed by atoms with E-state index in [2.05, 4.69) is 12.2 Å². The van der Waals surface area contributed by atoms with Crippen LogP contribution in [-0.2, 0) is 0 Å². The van der Waals surface area contributed by atoms with Gasteiger partial charge in [-0.1, -0.05) is 13.0 Å². The molecule has 1 fully saturated rings. The number of hydrogen-bond acceptors (Lipinski definition) is 2. The summed E-state index contributed by atoms with van der Waals surface area (Å²) in [6.45, 7) is 3.28. The lowest BCUT2D eigenvalue weighted by molar-refractivity contribution is 0.330. The smallest absolute Gasteiger partial charge is 0.165 e. The molecule has 3 heteroatoms. The van der Waals surface area contributed by atoms with Gasteiger partial charge in [0.05, 0.1) is 7.11 Å². The first-order chi connectivity index (χ1) is 7.70. The summed E-state index contributed by atoms with van der Waals surface area (Å²) < 4.78 is 18.2. The lowest BCUT2D eigenvalue weighted by Crippen LogP contribution is -2.31. The topological polar surface area (TPSA) is 21.3 Å². The molecular weight excluding hydrogens is 205 g/mol. The maximum Gasteiger partial charge on any atom is 0.165 e. The van der Waals surface area contributed by atoms with Crippen LogP contribution in [-0.4, -0.2) is 13.7 Å². The van der Waals surface area contributed by atoms with E-state index in [1.165, 1.54) is 19.6 Å². The van der Waals surface area contributed by atoms with E-state index in [0.717, 1.165) is 24.4 Å². The number of rotatable bonds is 2. The first kappa shape index (κ1) is 11.4. The van der Waals surface area contributed by atoms with Crippen LogP contribution in [0.1, 0.15) is 31.4 Å². The van der Waals surface area contributed by atoms with E-state index >= 15 is 0 Å². The Morgan fingerprint density at radius 1 is 1.38 bits per heavy atom. The van der Waals surface area contributed by atoms with Gasteiger partial charge in [-0.25, -0.2) is 4.39 Å². The normalized spacial score (nSPS) is 25.4. The largest absolute Gasteiger partial charge is 0.494 e. The minimum atomic E-state index is -0.296. The molecule has 0 bridgehead atoms. The van der Waals surface area contributed by atoms with E-state index in [1.54, 1.807) is 6.07 Å². The second kappa shape index (κ2) is 4.83. The van der Waals surface area contributed by atoms with Gasteiger partial charge >= 0.3 is 0 Å². The molecule has 0 spiro atoms. The molecule has 2 rings (SSSR count). The zero-order valence-corrected chi connectivity index (χ0v) is 9.79. The molecule has 16 heavy (non-hydrogen) atoms. The van der Waals surface area contributed by atoms with Crippen LogP contribution in [0.2, 0.25) is 0 Å². The van der Waals surface area contributed by atoms with Crippen LogP contribution in [0.4, 0.5) is 4.39 Å². The van der Waals surface area contributed by atoms with Crippen LogP contribution in [0.15, 0.2) is 18.2 Å². The van der Waals surface area contributed by atoms with Crippen LogP contribution in [0.5, 0.6) is 5.75 Å². The molecule has 1 aromatic rings. The SMILES string of the molecule is COc1cc(C2CCC(C)CN2)ccc1F. The highest BCUT2D eigenvalue weighted by molar-refractivity contribution is 5.32. The quantitative estimate of drug-likeness (QED) is 0.832. The highest BCUT2D eigenvalue weighted by atomic mass is 19.1. The zero-order valence-electron chi connectivity index (χ0n) is 9.79. The third-order valence-corrected chi connectivity index (χ3v) is 3.24. The van der Waals surface area contributed by atoms with Gasteiger partial charge in [-0.3, -0.25) is 0 Å². The van der Waals surface area contributed by atoms with Crippen molar-refractivity contribution in [3.05, 3.63) is 29.6 Å². The van der Waals surface area contributed by atoms with Gasteiger partial charge in [0.15, 0.2) is 11.6 Å². The van der Waals surface area contributed by atoms with Gasteiger partial charge in [-0.05, 0) is 43.0 Å². The Kier molecular flexibility index (Phi) is 3.44. The number of benzene rings is 1. The van der Waals surface area contributed by atoms with Crippen LogP contribution in [0.25, 0.3) is 0 Å². The number of nitrogens with one attached hydrogen (secondary N) is 1. The Balaban J connectivity index is 2.14. The molecule has 0 radical (unpaired) electrons. The van der Waals surface area contributed by atoms with Crippen molar-refractivity contribution in [2.75, 3.05) is 13.7 Å². The van der Waals surface area contributed by atoms with Gasteiger partial charge in [-0.15, -0.1) is 0 Å². The van der Waals surface area contributed by atoms with Crippen LogP contribution < -0.4 is 10.1 Å². The van der Waals surface area contributed by atoms with Gasteiger partial charge in [0.2, 0.25) is 0 Å². The van der Waals surface area contributed by atoms with E-state index in [-0.39, 0.29) is 5.82 Å². The van der Waals surface area contributed by atoms with Crippen LogP contribution in [0.3, 0.4) is 0 Å². The number of piperidine rings is 1. The molecule has 2 unspecified atom stereocenters.